The molecule has 0 bridgehead atoms. The Hall–Kier alpha value is -2.24. The Bertz CT molecular complexity index is 403. The van der Waals surface area contributed by atoms with E-state index in [4.69, 9.17) is 4.74 Å². The first-order chi connectivity index (χ1) is 8.67. The van der Waals surface area contributed by atoms with E-state index in [1.807, 2.05) is 0 Å². The van der Waals surface area contributed by atoms with Crippen molar-refractivity contribution in [2.24, 2.45) is 0 Å². The van der Waals surface area contributed by atoms with Crippen molar-refractivity contribution in [3.05, 3.63) is 29.8 Å². The van der Waals surface area contributed by atoms with Gasteiger partial charge >= 0.3 is 6.09 Å². The van der Waals surface area contributed by atoms with E-state index in [0.717, 1.165) is 0 Å². The molecule has 0 aliphatic carbocycles. The highest BCUT2D eigenvalue weighted by atomic mass is 16.5. The first kappa shape index (κ1) is 13.8. The minimum Gasteiger partial charge on any atom is -0.497 e. The normalized spacial score (nSPS) is 9.44. The Labute approximate surface area is 105 Å². The Kier molecular flexibility index (Phi) is 5.50. The summed E-state index contributed by atoms with van der Waals surface area (Å²) in [6, 6.07) is 6.76. The van der Waals surface area contributed by atoms with Crippen LogP contribution >= 0.6 is 0 Å². The molecule has 1 aromatic rings. The van der Waals surface area contributed by atoms with Gasteiger partial charge in [-0.1, -0.05) is 0 Å². The zero-order valence-corrected chi connectivity index (χ0v) is 10.4. The van der Waals surface area contributed by atoms with Gasteiger partial charge in [0.05, 0.1) is 14.2 Å². The molecule has 1 rings (SSSR count). The first-order valence-electron chi connectivity index (χ1n) is 5.41. The van der Waals surface area contributed by atoms with Crippen LogP contribution in [0.1, 0.15) is 10.4 Å². The number of benzene rings is 1. The SMILES string of the molecule is COC(=O)NCCNC(=O)c1ccc(OC)cc1. The van der Waals surface area contributed by atoms with Crippen LogP contribution in [0.2, 0.25) is 0 Å². The quantitative estimate of drug-likeness (QED) is 0.759. The number of hydrogen-bond donors (Lipinski definition) is 2. The smallest absolute Gasteiger partial charge is 0.406 e. The fourth-order valence-corrected chi connectivity index (χ4v) is 1.26. The lowest BCUT2D eigenvalue weighted by Crippen LogP contribution is -2.34. The molecular weight excluding hydrogens is 236 g/mol. The highest BCUT2D eigenvalue weighted by molar-refractivity contribution is 5.94. The van der Waals surface area contributed by atoms with Gasteiger partial charge in [-0.25, -0.2) is 4.79 Å². The minimum atomic E-state index is -0.520. The summed E-state index contributed by atoms with van der Waals surface area (Å²) in [5, 5.41) is 5.13. The molecule has 0 fully saturated rings. The van der Waals surface area contributed by atoms with Crippen LogP contribution in [0, 0.1) is 0 Å². The second-order valence-electron chi connectivity index (χ2n) is 3.40. The molecule has 0 atom stereocenters. The first-order valence-corrected chi connectivity index (χ1v) is 5.41. The molecule has 0 saturated carbocycles. The van der Waals surface area contributed by atoms with Crippen LogP contribution in [0.3, 0.4) is 0 Å². The summed E-state index contributed by atoms with van der Waals surface area (Å²) >= 11 is 0. The molecular formula is C12H16N2O4. The van der Waals surface area contributed by atoms with Gasteiger partial charge in [0.2, 0.25) is 0 Å². The number of carbonyl (C=O) groups is 2. The zero-order valence-electron chi connectivity index (χ0n) is 10.4. The molecule has 0 spiro atoms. The Balaban J connectivity index is 2.33. The standard InChI is InChI=1S/C12H16N2O4/c1-17-10-5-3-9(4-6-10)11(15)13-7-8-14-12(16)18-2/h3-6H,7-8H2,1-2H3,(H,13,15)(H,14,16). The fourth-order valence-electron chi connectivity index (χ4n) is 1.26. The highest BCUT2D eigenvalue weighted by Crippen LogP contribution is 2.10. The number of ether oxygens (including phenoxy) is 2. The predicted molar refractivity (Wildman–Crippen MR) is 65.7 cm³/mol. The number of alkyl carbamates (subject to hydrolysis) is 1. The zero-order chi connectivity index (χ0) is 13.4. The van der Waals surface area contributed by atoms with Crippen molar-refractivity contribution in [2.45, 2.75) is 0 Å². The van der Waals surface area contributed by atoms with E-state index in [9.17, 15) is 9.59 Å². The molecule has 0 aliphatic heterocycles. The van der Waals surface area contributed by atoms with Crippen molar-refractivity contribution in [1.29, 1.82) is 0 Å². The van der Waals surface area contributed by atoms with Crippen molar-refractivity contribution in [3.63, 3.8) is 0 Å². The molecule has 0 aromatic heterocycles. The summed E-state index contributed by atoms with van der Waals surface area (Å²) in [7, 11) is 2.85. The molecule has 98 valence electrons. The summed E-state index contributed by atoms with van der Waals surface area (Å²) in [4.78, 5) is 22.4. The number of hydrogen-bond acceptors (Lipinski definition) is 4. The van der Waals surface area contributed by atoms with Gasteiger partial charge in [0.1, 0.15) is 5.75 Å². The van der Waals surface area contributed by atoms with Gasteiger partial charge < -0.3 is 20.1 Å². The van der Waals surface area contributed by atoms with E-state index in [1.165, 1.54) is 7.11 Å². The second-order valence-corrected chi connectivity index (χ2v) is 3.40. The van der Waals surface area contributed by atoms with Crippen molar-refractivity contribution in [3.8, 4) is 5.75 Å². The Morgan fingerprint density at radius 2 is 1.67 bits per heavy atom. The average molecular weight is 252 g/mol. The molecule has 2 amide bonds. The van der Waals surface area contributed by atoms with Gasteiger partial charge in [0.15, 0.2) is 0 Å². The molecule has 6 heteroatoms. The van der Waals surface area contributed by atoms with Crippen LogP contribution in [0.4, 0.5) is 4.79 Å². The summed E-state index contributed by atoms with van der Waals surface area (Å²) in [6.07, 6.45) is -0.520. The van der Waals surface area contributed by atoms with Crippen LogP contribution in [0.5, 0.6) is 5.75 Å². The maximum absolute atomic E-state index is 11.7. The van der Waals surface area contributed by atoms with Gasteiger partial charge in [-0.2, -0.15) is 0 Å². The maximum atomic E-state index is 11.7. The van der Waals surface area contributed by atoms with Gasteiger partial charge in [-0.15, -0.1) is 0 Å². The topological polar surface area (TPSA) is 76.7 Å². The lowest BCUT2D eigenvalue weighted by atomic mass is 10.2. The summed E-state index contributed by atoms with van der Waals surface area (Å²) in [6.45, 7) is 0.647. The minimum absolute atomic E-state index is 0.204. The maximum Gasteiger partial charge on any atom is 0.406 e. The lowest BCUT2D eigenvalue weighted by Gasteiger charge is -2.06. The average Bonchev–Trinajstić information content (AvgIpc) is 2.43. The molecule has 6 nitrogen and oxygen atoms in total. The van der Waals surface area contributed by atoms with E-state index < -0.39 is 6.09 Å². The number of nitrogens with one attached hydrogen (secondary N) is 2. The monoisotopic (exact) mass is 252 g/mol. The summed E-state index contributed by atoms with van der Waals surface area (Å²) in [5.74, 6) is 0.489. The van der Waals surface area contributed by atoms with Crippen molar-refractivity contribution >= 4 is 12.0 Å². The van der Waals surface area contributed by atoms with Crippen molar-refractivity contribution in [1.82, 2.24) is 10.6 Å². The van der Waals surface area contributed by atoms with E-state index in [0.29, 0.717) is 24.4 Å². The van der Waals surface area contributed by atoms with E-state index >= 15 is 0 Å². The van der Waals surface area contributed by atoms with Gasteiger partial charge in [-0.3, -0.25) is 4.79 Å². The number of rotatable bonds is 5. The lowest BCUT2D eigenvalue weighted by molar-refractivity contribution is 0.0953. The van der Waals surface area contributed by atoms with Crippen LogP contribution in [-0.2, 0) is 4.74 Å². The fraction of sp³-hybridized carbons (Fsp3) is 0.333. The number of carbonyl (C=O) groups excluding carboxylic acids is 2. The molecule has 0 unspecified atom stereocenters. The molecule has 0 radical (unpaired) electrons. The van der Waals surface area contributed by atoms with E-state index in [2.05, 4.69) is 15.4 Å². The molecule has 0 aliphatic rings. The van der Waals surface area contributed by atoms with Crippen LogP contribution in [0.15, 0.2) is 24.3 Å². The Morgan fingerprint density at radius 3 is 2.22 bits per heavy atom. The molecule has 0 heterocycles. The van der Waals surface area contributed by atoms with Gasteiger partial charge in [-0.05, 0) is 24.3 Å². The summed E-state index contributed by atoms with van der Waals surface area (Å²) < 4.78 is 9.38. The van der Waals surface area contributed by atoms with Crippen molar-refractivity contribution < 1.29 is 19.1 Å². The number of methoxy groups -OCH3 is 2. The Morgan fingerprint density at radius 1 is 1.06 bits per heavy atom. The van der Waals surface area contributed by atoms with Crippen LogP contribution in [0.25, 0.3) is 0 Å². The second kappa shape index (κ2) is 7.16. The third-order valence-electron chi connectivity index (χ3n) is 2.22. The van der Waals surface area contributed by atoms with E-state index in [-0.39, 0.29) is 5.91 Å². The molecule has 2 N–H and O–H groups in total. The van der Waals surface area contributed by atoms with Crippen LogP contribution < -0.4 is 15.4 Å². The van der Waals surface area contributed by atoms with Crippen LogP contribution in [-0.4, -0.2) is 39.3 Å². The third kappa shape index (κ3) is 4.32. The van der Waals surface area contributed by atoms with Crippen molar-refractivity contribution in [2.75, 3.05) is 27.3 Å². The highest BCUT2D eigenvalue weighted by Gasteiger charge is 2.05. The largest absolute Gasteiger partial charge is 0.497 e. The van der Waals surface area contributed by atoms with E-state index in [1.54, 1.807) is 31.4 Å². The van der Waals surface area contributed by atoms with Gasteiger partial charge in [0.25, 0.3) is 5.91 Å². The molecule has 1 aromatic carbocycles. The molecule has 18 heavy (non-hydrogen) atoms. The van der Waals surface area contributed by atoms with Gasteiger partial charge in [0, 0.05) is 18.7 Å². The predicted octanol–water partition coefficient (Wildman–Crippen LogP) is 0.781. The summed E-state index contributed by atoms with van der Waals surface area (Å²) in [5.41, 5.74) is 0.536. The third-order valence-corrected chi connectivity index (χ3v) is 2.22. The molecule has 0 saturated heterocycles. The number of amides is 2.